The second-order valence-electron chi connectivity index (χ2n) is 21.8. The fourth-order valence-corrected chi connectivity index (χ4v) is 22.0. The van der Waals surface area contributed by atoms with E-state index < -0.39 is 62.1 Å². The molecule has 0 saturated carbocycles. The zero-order chi connectivity index (χ0) is 58.1. The summed E-state index contributed by atoms with van der Waals surface area (Å²) in [6.07, 6.45) is 1.92. The van der Waals surface area contributed by atoms with Crippen LogP contribution in [-0.2, 0) is 24.7 Å². The highest BCUT2D eigenvalue weighted by atomic mass is 32.2. The van der Waals surface area contributed by atoms with Gasteiger partial charge in [-0.2, -0.15) is 9.97 Å². The number of nitrogens with zero attached hydrogens (tertiary/aromatic N) is 4. The third-order valence-corrected chi connectivity index (χ3v) is 26.9. The van der Waals surface area contributed by atoms with E-state index in [1.165, 1.54) is 43.0 Å². The number of hydrogen-bond acceptors (Lipinski definition) is 12. The summed E-state index contributed by atoms with van der Waals surface area (Å²) in [6, 6.07) is 58.3. The number of halogens is 2. The van der Waals surface area contributed by atoms with Crippen LogP contribution in [0.2, 0.25) is 10.1 Å². The van der Waals surface area contributed by atoms with Crippen LogP contribution in [0.1, 0.15) is 78.7 Å². The van der Waals surface area contributed by atoms with Crippen molar-refractivity contribution in [2.45, 2.75) is 79.7 Å². The van der Waals surface area contributed by atoms with Crippen LogP contribution in [0.15, 0.2) is 204 Å². The molecule has 6 aromatic carbocycles. The third kappa shape index (κ3) is 13.3. The second kappa shape index (κ2) is 26.1. The van der Waals surface area contributed by atoms with Crippen molar-refractivity contribution in [2.24, 2.45) is 0 Å². The average Bonchev–Trinajstić information content (AvgIpc) is 4.23. The first-order valence-corrected chi connectivity index (χ1v) is 32.6. The van der Waals surface area contributed by atoms with Crippen LogP contribution in [0.3, 0.4) is 0 Å². The molecule has 13 nitrogen and oxygen atoms in total. The number of carbonyl (C=O) groups excluding carboxylic acids is 2. The van der Waals surface area contributed by atoms with Crippen LogP contribution in [0.5, 0.6) is 0 Å². The minimum absolute atomic E-state index is 0.157. The maximum absolute atomic E-state index is 15.0. The zero-order valence-electron chi connectivity index (χ0n) is 46.4. The van der Waals surface area contributed by atoms with Crippen molar-refractivity contribution in [2.75, 3.05) is 31.7 Å². The van der Waals surface area contributed by atoms with E-state index in [1.54, 1.807) is 60.7 Å². The van der Waals surface area contributed by atoms with Gasteiger partial charge in [0.1, 0.15) is 21.6 Å². The molecule has 2 saturated heterocycles. The standard InChI is InChI=1S/C32H33FN2O4SSi.C31H32FN3O4SSi/c1-32(2,3)41(24-15-9-5-10-16-24,25-17-11-6-12-18-25)39-22-30-38-21-29(40-30)35-20-26(33)27(34-31(35)37)19-28(36)23-13-7-4-8-14-23;1-31(2,3)41(23-15-9-5-10-16-23,24-17-11-6-12-18-24)39-21-27-38-20-26(40-27)35-19-25(32)28(34-30(35)37)33-29(36)22-13-7-4-8-14-22/h4-18,20,29-30H,19,21-22H2,1-3H3;4-19,26-27H,20-21H2,1-3H3,(H,33,34,36,37)/t29-,30-;26-,27-/m10/s1. The zero-order valence-corrected chi connectivity index (χ0v) is 50.1. The van der Waals surface area contributed by atoms with Gasteiger partial charge in [-0.05, 0) is 43.0 Å². The topological polar surface area (TPSA) is 153 Å². The Balaban J connectivity index is 0.000000198. The fraction of sp³-hybridized carbons (Fsp3) is 0.270. The first-order valence-electron chi connectivity index (χ1n) is 26.9. The lowest BCUT2D eigenvalue weighted by atomic mass is 10.1. The normalized spacial score (nSPS) is 17.4. The predicted octanol–water partition coefficient (Wildman–Crippen LogP) is 9.77. The molecule has 4 heterocycles. The van der Waals surface area contributed by atoms with E-state index in [0.29, 0.717) is 24.3 Å². The summed E-state index contributed by atoms with van der Waals surface area (Å²) in [4.78, 5) is 58.5. The smallest absolute Gasteiger partial charge is 0.350 e. The van der Waals surface area contributed by atoms with Gasteiger partial charge in [-0.15, -0.1) is 23.5 Å². The fourth-order valence-electron chi connectivity index (χ4n) is 10.5. The Morgan fingerprint density at radius 2 is 0.902 bits per heavy atom. The number of ether oxygens (including phenoxy) is 2. The van der Waals surface area contributed by atoms with Crippen molar-refractivity contribution >= 4 is 78.4 Å². The van der Waals surface area contributed by atoms with Crippen molar-refractivity contribution in [3.8, 4) is 0 Å². The molecule has 0 unspecified atom stereocenters. The van der Waals surface area contributed by atoms with Crippen LogP contribution >= 0.6 is 23.5 Å². The van der Waals surface area contributed by atoms with Crippen LogP contribution in [0.4, 0.5) is 14.6 Å². The largest absolute Gasteiger partial charge is 0.404 e. The first-order chi connectivity index (χ1) is 39.4. The number of rotatable bonds is 17. The molecule has 0 aliphatic carbocycles. The van der Waals surface area contributed by atoms with E-state index in [-0.39, 0.29) is 52.1 Å². The second-order valence-corrected chi connectivity index (χ2v) is 33.1. The Labute approximate surface area is 486 Å². The maximum Gasteiger partial charge on any atom is 0.350 e. The number of ketones is 1. The Morgan fingerprint density at radius 1 is 0.549 bits per heavy atom. The van der Waals surface area contributed by atoms with Crippen LogP contribution in [0.25, 0.3) is 0 Å². The van der Waals surface area contributed by atoms with Crippen LogP contribution < -0.4 is 37.4 Å². The molecule has 0 radical (unpaired) electrons. The molecule has 2 aromatic heterocycles. The average molecular weight is 1180 g/mol. The maximum atomic E-state index is 15.0. The van der Waals surface area contributed by atoms with Gasteiger partial charge in [0, 0.05) is 23.5 Å². The molecule has 10 rings (SSSR count). The van der Waals surface area contributed by atoms with E-state index >= 15 is 4.39 Å². The van der Waals surface area contributed by atoms with Crippen molar-refractivity contribution < 1.29 is 36.7 Å². The Bertz CT molecular complexity index is 3250. The summed E-state index contributed by atoms with van der Waals surface area (Å²) in [5.74, 6) is -2.75. The summed E-state index contributed by atoms with van der Waals surface area (Å²) in [5.41, 5.74) is -1.38. The highest BCUT2D eigenvalue weighted by molar-refractivity contribution is 8.00. The van der Waals surface area contributed by atoms with E-state index in [1.807, 2.05) is 72.8 Å². The van der Waals surface area contributed by atoms with Gasteiger partial charge in [0.15, 0.2) is 23.2 Å². The Morgan fingerprint density at radius 3 is 1.29 bits per heavy atom. The molecule has 82 heavy (non-hydrogen) atoms. The van der Waals surface area contributed by atoms with E-state index in [0.717, 1.165) is 22.8 Å². The predicted molar refractivity (Wildman–Crippen MR) is 326 cm³/mol. The van der Waals surface area contributed by atoms with Crippen LogP contribution in [-0.4, -0.2) is 84.7 Å². The SMILES string of the molecule is CC(C)(C)[Si](OC[C@@H]1OC[C@H](n2cc(F)c(CC(=O)c3ccccc3)nc2=O)S1)(c1ccccc1)c1ccccc1.CC(C)(C)[Si](OC[C@H]1OC[C@@H](n2cc(F)c(NC(=O)c3ccccc3)nc2=O)S1)(c1ccccc1)c1ccccc1. The molecule has 0 spiro atoms. The minimum Gasteiger partial charge on any atom is -0.404 e. The highest BCUT2D eigenvalue weighted by Crippen LogP contribution is 2.42. The molecule has 0 bridgehead atoms. The van der Waals surface area contributed by atoms with E-state index in [4.69, 9.17) is 18.3 Å². The van der Waals surface area contributed by atoms with Gasteiger partial charge in [-0.25, -0.2) is 18.4 Å². The molecule has 2 aliphatic rings. The molecule has 424 valence electrons. The first kappa shape index (κ1) is 59.7. The van der Waals surface area contributed by atoms with Crippen molar-refractivity contribution in [3.63, 3.8) is 0 Å². The molecule has 4 atom stereocenters. The van der Waals surface area contributed by atoms with E-state index in [2.05, 4.69) is 105 Å². The molecule has 19 heteroatoms. The highest BCUT2D eigenvalue weighted by Gasteiger charge is 2.52. The lowest BCUT2D eigenvalue weighted by Gasteiger charge is -2.43. The quantitative estimate of drug-likeness (QED) is 0.0683. The van der Waals surface area contributed by atoms with Gasteiger partial charge in [0.05, 0.1) is 38.5 Å². The van der Waals surface area contributed by atoms with Gasteiger partial charge < -0.3 is 23.6 Å². The molecular weight excluding hydrogens is 1110 g/mol. The molecule has 2 fully saturated rings. The number of benzene rings is 6. The summed E-state index contributed by atoms with van der Waals surface area (Å²) in [6.45, 7) is 14.3. The number of carbonyl (C=O) groups is 2. The van der Waals surface area contributed by atoms with Crippen molar-refractivity contribution in [3.05, 3.63) is 244 Å². The molecule has 1 amide bonds. The third-order valence-electron chi connectivity index (χ3n) is 14.4. The van der Waals surface area contributed by atoms with Crippen LogP contribution in [0, 0.1) is 11.6 Å². The molecule has 1 N–H and O–H groups in total. The van der Waals surface area contributed by atoms with Gasteiger partial charge in [-0.3, -0.25) is 18.7 Å². The number of anilines is 1. The van der Waals surface area contributed by atoms with Gasteiger partial charge in [0.25, 0.3) is 22.5 Å². The van der Waals surface area contributed by atoms with Gasteiger partial charge >= 0.3 is 11.4 Å². The summed E-state index contributed by atoms with van der Waals surface area (Å²) >= 11 is 2.80. The summed E-state index contributed by atoms with van der Waals surface area (Å²) < 4.78 is 58.4. The summed E-state index contributed by atoms with van der Waals surface area (Å²) in [5, 5.41) is 5.71. The van der Waals surface area contributed by atoms with Crippen molar-refractivity contribution in [1.82, 2.24) is 19.1 Å². The van der Waals surface area contributed by atoms with Crippen molar-refractivity contribution in [1.29, 1.82) is 0 Å². The van der Waals surface area contributed by atoms with Gasteiger partial charge in [0.2, 0.25) is 0 Å². The minimum atomic E-state index is -2.76. The molecule has 2 aliphatic heterocycles. The van der Waals surface area contributed by atoms with Gasteiger partial charge in [-0.1, -0.05) is 211 Å². The Kier molecular flexibility index (Phi) is 19.0. The number of aromatic nitrogens is 4. The lowest BCUT2D eigenvalue weighted by molar-refractivity contribution is 0.0848. The van der Waals surface area contributed by atoms with E-state index in [9.17, 15) is 23.6 Å². The number of nitrogens with one attached hydrogen (secondary N) is 1. The Hall–Kier alpha value is -6.95. The monoisotopic (exact) mass is 1180 g/mol. The number of amides is 1. The number of hydrogen-bond donors (Lipinski definition) is 1. The summed E-state index contributed by atoms with van der Waals surface area (Å²) in [7, 11) is -5.52. The lowest BCUT2D eigenvalue weighted by Crippen LogP contribution is -2.67. The number of Topliss-reactive ketones (excluding diaryl/α,β-unsaturated/α-hetero) is 1. The molecular formula is C63H65F2N5O8S2Si2. The molecule has 8 aromatic rings. The number of thioether (sulfide) groups is 2.